The second-order valence-electron chi connectivity index (χ2n) is 19.6. The molecule has 292 valence electrons. The Kier molecular flexibility index (Phi) is 16.7. The lowest BCUT2D eigenvalue weighted by Gasteiger charge is -2.39. The van der Waals surface area contributed by atoms with Crippen LogP contribution in [0, 0.1) is 0 Å². The topological polar surface area (TPSA) is 64.7 Å². The van der Waals surface area contributed by atoms with E-state index in [9.17, 15) is 5.11 Å². The molecule has 2 rings (SSSR count). The second-order valence-corrected chi connectivity index (χ2v) is 19.6. The molecule has 0 bridgehead atoms. The van der Waals surface area contributed by atoms with Gasteiger partial charge in [-0.05, 0) is 76.8 Å². The average molecular weight is 708 g/mol. The van der Waals surface area contributed by atoms with E-state index in [1.807, 2.05) is 6.92 Å². The Hall–Kier alpha value is -2.04. The Morgan fingerprint density at radius 3 is 0.980 bits per heavy atom. The van der Waals surface area contributed by atoms with Gasteiger partial charge in [-0.15, -0.1) is 0 Å². The number of hydrogen-bond acceptors (Lipinski definition) is 4. The summed E-state index contributed by atoms with van der Waals surface area (Å²) in [5.41, 5.74) is 10.7. The van der Waals surface area contributed by atoms with E-state index in [4.69, 9.17) is 15.2 Å². The van der Waals surface area contributed by atoms with Crippen LogP contribution in [0.1, 0.15) is 214 Å². The fourth-order valence-electron chi connectivity index (χ4n) is 7.04. The molecule has 1 atom stereocenters. The lowest BCUT2D eigenvalue weighted by atomic mass is 9.71. The smallest absolute Gasteiger partial charge is 0.129 e. The van der Waals surface area contributed by atoms with E-state index < -0.39 is 11.6 Å². The van der Waals surface area contributed by atoms with Gasteiger partial charge in [0.25, 0.3) is 0 Å². The zero-order valence-corrected chi connectivity index (χ0v) is 36.1. The van der Waals surface area contributed by atoms with Crippen LogP contribution in [0.15, 0.2) is 24.3 Å². The fourth-order valence-corrected chi connectivity index (χ4v) is 7.04. The van der Waals surface area contributed by atoms with Crippen LogP contribution in [0.5, 0.6) is 11.5 Å². The number of rotatable bonds is 19. The predicted octanol–water partition coefficient (Wildman–Crippen LogP) is 12.9. The van der Waals surface area contributed by atoms with E-state index >= 15 is 0 Å². The van der Waals surface area contributed by atoms with Crippen molar-refractivity contribution in [2.45, 2.75) is 214 Å². The minimum atomic E-state index is -1.45. The Balaban J connectivity index is 2.80. The van der Waals surface area contributed by atoms with Gasteiger partial charge in [-0.3, -0.25) is 0 Å². The van der Waals surface area contributed by atoms with Crippen LogP contribution in [0.2, 0.25) is 0 Å². The summed E-state index contributed by atoms with van der Waals surface area (Å²) in [6.07, 6.45) is 14.7. The van der Waals surface area contributed by atoms with Crippen LogP contribution >= 0.6 is 0 Å². The largest absolute Gasteiger partial charge is 0.493 e. The van der Waals surface area contributed by atoms with Crippen LogP contribution in [-0.4, -0.2) is 24.4 Å². The van der Waals surface area contributed by atoms with Crippen LogP contribution in [0.3, 0.4) is 0 Å². The van der Waals surface area contributed by atoms with Crippen LogP contribution in [-0.2, 0) is 27.3 Å². The zero-order valence-electron chi connectivity index (χ0n) is 36.1. The van der Waals surface area contributed by atoms with Gasteiger partial charge < -0.3 is 20.3 Å². The van der Waals surface area contributed by atoms with E-state index in [-0.39, 0.29) is 21.7 Å². The van der Waals surface area contributed by atoms with Crippen LogP contribution < -0.4 is 15.2 Å². The molecule has 1 unspecified atom stereocenters. The second kappa shape index (κ2) is 18.8. The van der Waals surface area contributed by atoms with Gasteiger partial charge in [-0.2, -0.15) is 0 Å². The SMILES string of the molecule is CCCCCCCCOc1c(C(C)(C)C)cc(C(O)(c2cc(C(C)(C)C)c(OCCCCCCCC)c(C(C)(C)C)c2)C(C)N)cc1C(C)(C)C. The third-order valence-electron chi connectivity index (χ3n) is 10.4. The highest BCUT2D eigenvalue weighted by Gasteiger charge is 2.41. The van der Waals surface area contributed by atoms with Crippen molar-refractivity contribution in [2.75, 3.05) is 13.2 Å². The Morgan fingerprint density at radius 1 is 0.490 bits per heavy atom. The monoisotopic (exact) mass is 708 g/mol. The molecule has 2 aromatic carbocycles. The van der Waals surface area contributed by atoms with Gasteiger partial charge in [0.15, 0.2) is 0 Å². The first-order valence-electron chi connectivity index (χ1n) is 20.6. The summed E-state index contributed by atoms with van der Waals surface area (Å²) >= 11 is 0. The van der Waals surface area contributed by atoms with Gasteiger partial charge in [-0.1, -0.05) is 161 Å². The number of hydrogen-bond donors (Lipinski definition) is 2. The Morgan fingerprint density at radius 2 is 0.745 bits per heavy atom. The minimum absolute atomic E-state index is 0.216. The number of nitrogens with two attached hydrogens (primary N) is 1. The van der Waals surface area contributed by atoms with E-state index in [0.29, 0.717) is 13.2 Å². The third-order valence-corrected chi connectivity index (χ3v) is 10.4. The summed E-state index contributed by atoms with van der Waals surface area (Å²) in [6.45, 7) is 34.8. The van der Waals surface area contributed by atoms with Gasteiger partial charge in [0.1, 0.15) is 17.1 Å². The average Bonchev–Trinajstić information content (AvgIpc) is 3.01. The van der Waals surface area contributed by atoms with E-state index in [0.717, 1.165) is 57.7 Å². The highest BCUT2D eigenvalue weighted by Crippen LogP contribution is 2.48. The van der Waals surface area contributed by atoms with Gasteiger partial charge in [-0.25, -0.2) is 0 Å². The molecule has 0 fully saturated rings. The normalized spacial score (nSPS) is 13.8. The van der Waals surface area contributed by atoms with Gasteiger partial charge in [0.05, 0.1) is 13.2 Å². The summed E-state index contributed by atoms with van der Waals surface area (Å²) in [5.74, 6) is 1.92. The zero-order chi connectivity index (χ0) is 38.8. The molecule has 0 saturated carbocycles. The van der Waals surface area contributed by atoms with Crippen molar-refractivity contribution in [2.24, 2.45) is 5.73 Å². The Bertz CT molecular complexity index is 1180. The first-order valence-corrected chi connectivity index (χ1v) is 20.6. The number of unbranched alkanes of at least 4 members (excludes halogenated alkanes) is 10. The summed E-state index contributed by atoms with van der Waals surface area (Å²) in [6, 6.07) is 8.16. The first-order chi connectivity index (χ1) is 23.5. The summed E-state index contributed by atoms with van der Waals surface area (Å²) < 4.78 is 13.5. The lowest BCUT2D eigenvalue weighted by Crippen LogP contribution is -2.45. The van der Waals surface area contributed by atoms with Crippen molar-refractivity contribution in [1.82, 2.24) is 0 Å². The molecule has 0 aromatic heterocycles. The van der Waals surface area contributed by atoms with Gasteiger partial charge in [0.2, 0.25) is 0 Å². The maximum Gasteiger partial charge on any atom is 0.129 e. The molecule has 0 aliphatic heterocycles. The first kappa shape index (κ1) is 45.1. The third kappa shape index (κ3) is 12.5. The molecule has 0 aliphatic carbocycles. The number of ether oxygens (including phenoxy) is 2. The Labute approximate surface area is 316 Å². The molecule has 0 heterocycles. The maximum absolute atomic E-state index is 13.2. The van der Waals surface area contributed by atoms with Crippen LogP contribution in [0.4, 0.5) is 0 Å². The molecule has 4 heteroatoms. The molecule has 4 nitrogen and oxygen atoms in total. The van der Waals surface area contributed by atoms with Crippen molar-refractivity contribution in [1.29, 1.82) is 0 Å². The lowest BCUT2D eigenvalue weighted by molar-refractivity contribution is 0.0571. The molecule has 2 aromatic rings. The van der Waals surface area contributed by atoms with Crippen molar-refractivity contribution >= 4 is 0 Å². The van der Waals surface area contributed by atoms with Gasteiger partial charge in [0, 0.05) is 28.3 Å². The van der Waals surface area contributed by atoms with Crippen molar-refractivity contribution in [3.05, 3.63) is 57.6 Å². The molecular formula is C47H81NO3. The molecule has 3 N–H and O–H groups in total. The van der Waals surface area contributed by atoms with Crippen molar-refractivity contribution in [3.63, 3.8) is 0 Å². The highest BCUT2D eigenvalue weighted by molar-refractivity contribution is 5.57. The predicted molar refractivity (Wildman–Crippen MR) is 222 cm³/mol. The number of benzene rings is 2. The minimum Gasteiger partial charge on any atom is -0.493 e. The van der Waals surface area contributed by atoms with Gasteiger partial charge >= 0.3 is 0 Å². The standard InChI is InChI=1S/C47H81NO3/c1-16-18-20-22-24-26-28-50-41-37(43(4,5)6)30-35(31-38(41)44(7,8)9)47(49,34(3)48)36-32-39(45(10,11)12)42(40(33-36)46(13,14)15)51-29-27-25-23-21-19-17-2/h30-34,49H,16-29,48H2,1-15H3. The fraction of sp³-hybridized carbons (Fsp3) is 0.745. The van der Waals surface area contributed by atoms with E-state index in [1.165, 1.54) is 64.2 Å². The quantitative estimate of drug-likeness (QED) is 0.143. The molecule has 0 aliphatic rings. The molecule has 0 amide bonds. The summed E-state index contributed by atoms with van der Waals surface area (Å²) in [5, 5.41) is 13.2. The number of aliphatic hydroxyl groups is 1. The molecular weight excluding hydrogens is 627 g/mol. The van der Waals surface area contributed by atoms with Crippen molar-refractivity contribution in [3.8, 4) is 11.5 Å². The maximum atomic E-state index is 13.2. The summed E-state index contributed by atoms with van der Waals surface area (Å²) in [7, 11) is 0. The summed E-state index contributed by atoms with van der Waals surface area (Å²) in [4.78, 5) is 0. The molecule has 51 heavy (non-hydrogen) atoms. The molecule has 0 radical (unpaired) electrons. The van der Waals surface area contributed by atoms with Crippen molar-refractivity contribution < 1.29 is 14.6 Å². The molecule has 0 spiro atoms. The highest BCUT2D eigenvalue weighted by atomic mass is 16.5. The van der Waals surface area contributed by atoms with E-state index in [1.54, 1.807) is 0 Å². The van der Waals surface area contributed by atoms with Crippen LogP contribution in [0.25, 0.3) is 0 Å². The molecule has 0 saturated heterocycles. The van der Waals surface area contributed by atoms with E-state index in [2.05, 4.69) is 121 Å².